The largest absolute Gasteiger partial charge is 0.467 e. The molecule has 2 aromatic rings. The van der Waals surface area contributed by atoms with E-state index in [0.717, 1.165) is 11.4 Å². The van der Waals surface area contributed by atoms with Crippen molar-refractivity contribution in [2.75, 3.05) is 54.6 Å². The Bertz CT molecular complexity index is 1020. The minimum atomic E-state index is -1.43. The van der Waals surface area contributed by atoms with Gasteiger partial charge in [0.25, 0.3) is 5.91 Å². The second kappa shape index (κ2) is 9.55. The van der Waals surface area contributed by atoms with E-state index in [2.05, 4.69) is 4.74 Å². The van der Waals surface area contributed by atoms with E-state index in [0.29, 0.717) is 37.3 Å². The molecule has 33 heavy (non-hydrogen) atoms. The molecule has 2 heterocycles. The Morgan fingerprint density at radius 1 is 0.848 bits per heavy atom. The van der Waals surface area contributed by atoms with Crippen LogP contribution in [0.3, 0.4) is 0 Å². The van der Waals surface area contributed by atoms with Crippen LogP contribution in [0.5, 0.6) is 0 Å². The Morgan fingerprint density at radius 3 is 1.67 bits per heavy atom. The van der Waals surface area contributed by atoms with Crippen LogP contribution in [0.15, 0.2) is 48.5 Å². The standard InChI is InChI=1S/C12H16N2O3.C11H15N3O2/c1-17-11(15)12(16)6-7-14(8-12)10-5-3-2-4-9(10)13;12-8-3-1-2-4-9(8)14-6-5-11(16,7-14)10(13)15/h2-5,16H,6-8,13H2,1H3;1-4,16H,5-7,12H2,(H2,13,15). The third kappa shape index (κ3) is 5.12. The number of β-amino-alcohol motifs (C(OH)–C–C–N with tert-alkyl or cyclic N) is 2. The number of hydrogen-bond donors (Lipinski definition) is 5. The first-order valence-electron chi connectivity index (χ1n) is 10.6. The average Bonchev–Trinajstić information content (AvgIpc) is 3.39. The molecule has 10 nitrogen and oxygen atoms in total. The summed E-state index contributed by atoms with van der Waals surface area (Å²) >= 11 is 0. The highest BCUT2D eigenvalue weighted by Gasteiger charge is 2.44. The highest BCUT2D eigenvalue weighted by molar-refractivity contribution is 5.85. The maximum atomic E-state index is 11.5. The topological polar surface area (TPSA) is 168 Å². The predicted molar refractivity (Wildman–Crippen MR) is 126 cm³/mol. The summed E-state index contributed by atoms with van der Waals surface area (Å²) in [6.45, 7) is 1.58. The molecule has 0 aliphatic carbocycles. The molecule has 0 saturated carbocycles. The van der Waals surface area contributed by atoms with Crippen molar-refractivity contribution in [2.45, 2.75) is 24.0 Å². The van der Waals surface area contributed by atoms with Crippen LogP contribution >= 0.6 is 0 Å². The lowest BCUT2D eigenvalue weighted by atomic mass is 10.0. The van der Waals surface area contributed by atoms with Crippen molar-refractivity contribution in [2.24, 2.45) is 5.73 Å². The molecule has 0 radical (unpaired) electrons. The molecule has 0 bridgehead atoms. The third-order valence-corrected chi connectivity index (χ3v) is 6.07. The Hall–Kier alpha value is -3.50. The fourth-order valence-corrected chi connectivity index (χ4v) is 4.11. The van der Waals surface area contributed by atoms with Gasteiger partial charge >= 0.3 is 5.97 Å². The quantitative estimate of drug-likeness (QED) is 0.315. The number of para-hydroxylation sites is 4. The van der Waals surface area contributed by atoms with Crippen molar-refractivity contribution < 1.29 is 24.5 Å². The van der Waals surface area contributed by atoms with Gasteiger partial charge in [-0.25, -0.2) is 4.79 Å². The van der Waals surface area contributed by atoms with Gasteiger partial charge in [-0.3, -0.25) is 4.79 Å². The van der Waals surface area contributed by atoms with Gasteiger partial charge in [-0.1, -0.05) is 24.3 Å². The first-order valence-corrected chi connectivity index (χ1v) is 10.6. The van der Waals surface area contributed by atoms with E-state index in [1.807, 2.05) is 46.2 Å². The van der Waals surface area contributed by atoms with E-state index in [-0.39, 0.29) is 13.1 Å². The van der Waals surface area contributed by atoms with Crippen molar-refractivity contribution in [1.82, 2.24) is 0 Å². The number of nitrogen functional groups attached to an aromatic ring is 2. The van der Waals surface area contributed by atoms with Gasteiger partial charge < -0.3 is 42.0 Å². The van der Waals surface area contributed by atoms with E-state index in [4.69, 9.17) is 17.2 Å². The van der Waals surface area contributed by atoms with Crippen LogP contribution in [0.1, 0.15) is 12.8 Å². The van der Waals surface area contributed by atoms with Gasteiger partial charge in [-0.05, 0) is 24.3 Å². The fraction of sp³-hybridized carbons (Fsp3) is 0.391. The number of carbonyl (C=O) groups is 2. The molecule has 10 heteroatoms. The second-order valence-corrected chi connectivity index (χ2v) is 8.38. The SMILES string of the molecule is COC(=O)C1(O)CCN(c2ccccc2N)C1.NC(=O)C1(O)CCN(c2ccccc2N)C1. The summed E-state index contributed by atoms with van der Waals surface area (Å²) in [6, 6.07) is 14.8. The van der Waals surface area contributed by atoms with Crippen LogP contribution in [0.25, 0.3) is 0 Å². The molecule has 4 rings (SSSR count). The number of methoxy groups -OCH3 is 1. The van der Waals surface area contributed by atoms with Crippen molar-refractivity contribution >= 4 is 34.6 Å². The molecule has 2 atom stereocenters. The van der Waals surface area contributed by atoms with Crippen LogP contribution in [0.4, 0.5) is 22.7 Å². The Labute approximate surface area is 192 Å². The van der Waals surface area contributed by atoms with Crippen LogP contribution in [-0.4, -0.2) is 66.6 Å². The van der Waals surface area contributed by atoms with Crippen molar-refractivity contribution in [1.29, 1.82) is 0 Å². The zero-order valence-corrected chi connectivity index (χ0v) is 18.6. The van der Waals surface area contributed by atoms with Gasteiger partial charge in [0.05, 0.1) is 42.9 Å². The normalized spacial score (nSPS) is 24.2. The monoisotopic (exact) mass is 457 g/mol. The number of benzene rings is 2. The third-order valence-electron chi connectivity index (χ3n) is 6.07. The zero-order valence-electron chi connectivity index (χ0n) is 18.6. The second-order valence-electron chi connectivity index (χ2n) is 8.38. The molecule has 0 aromatic heterocycles. The van der Waals surface area contributed by atoms with Gasteiger partial charge in [0.15, 0.2) is 11.2 Å². The number of nitrogens with zero attached hydrogens (tertiary/aromatic N) is 2. The summed E-state index contributed by atoms with van der Waals surface area (Å²) in [7, 11) is 1.28. The van der Waals surface area contributed by atoms with Crippen molar-refractivity contribution in [3.63, 3.8) is 0 Å². The van der Waals surface area contributed by atoms with Gasteiger partial charge in [-0.2, -0.15) is 0 Å². The number of hydrogen-bond acceptors (Lipinski definition) is 9. The summed E-state index contributed by atoms with van der Waals surface area (Å²) in [5.74, 6) is -1.26. The minimum Gasteiger partial charge on any atom is -0.467 e. The molecule has 2 aliphatic heterocycles. The molecule has 0 spiro atoms. The van der Waals surface area contributed by atoms with Crippen LogP contribution in [0.2, 0.25) is 0 Å². The van der Waals surface area contributed by atoms with Crippen LogP contribution in [0, 0.1) is 0 Å². The first kappa shape index (κ1) is 24.1. The van der Waals surface area contributed by atoms with E-state index >= 15 is 0 Å². The lowest BCUT2D eigenvalue weighted by molar-refractivity contribution is -0.159. The number of anilines is 4. The highest BCUT2D eigenvalue weighted by atomic mass is 16.5. The van der Waals surface area contributed by atoms with Crippen LogP contribution < -0.4 is 27.0 Å². The lowest BCUT2D eigenvalue weighted by Gasteiger charge is -2.23. The molecule has 2 saturated heterocycles. The van der Waals surface area contributed by atoms with E-state index in [9.17, 15) is 19.8 Å². The number of primary amides is 1. The van der Waals surface area contributed by atoms with E-state index in [1.54, 1.807) is 12.1 Å². The summed E-state index contributed by atoms with van der Waals surface area (Å²) < 4.78 is 4.60. The number of carbonyl (C=O) groups excluding carboxylic acids is 2. The van der Waals surface area contributed by atoms with Gasteiger partial charge in [-0.15, -0.1) is 0 Å². The lowest BCUT2D eigenvalue weighted by Crippen LogP contribution is -2.46. The summed E-state index contributed by atoms with van der Waals surface area (Å²) in [5.41, 5.74) is 16.9. The molecule has 2 unspecified atom stereocenters. The molecule has 178 valence electrons. The molecule has 2 aliphatic rings. The molecule has 1 amide bonds. The smallest absolute Gasteiger partial charge is 0.339 e. The number of rotatable bonds is 4. The number of aliphatic hydroxyl groups is 2. The molecule has 2 fully saturated rings. The summed E-state index contributed by atoms with van der Waals surface area (Å²) in [4.78, 5) is 26.3. The molecule has 8 N–H and O–H groups in total. The van der Waals surface area contributed by atoms with Crippen molar-refractivity contribution in [3.8, 4) is 0 Å². The van der Waals surface area contributed by atoms with Gasteiger partial charge in [0.1, 0.15) is 0 Å². The van der Waals surface area contributed by atoms with Gasteiger partial charge in [0.2, 0.25) is 0 Å². The van der Waals surface area contributed by atoms with Crippen LogP contribution in [-0.2, 0) is 14.3 Å². The minimum absolute atomic E-state index is 0.205. The summed E-state index contributed by atoms with van der Waals surface area (Å²) in [5, 5.41) is 20.1. The zero-order chi connectivity index (χ0) is 24.2. The Balaban J connectivity index is 0.000000186. The van der Waals surface area contributed by atoms with Crippen molar-refractivity contribution in [3.05, 3.63) is 48.5 Å². The summed E-state index contributed by atoms with van der Waals surface area (Å²) in [6.07, 6.45) is 0.699. The number of amides is 1. The Kier molecular flexibility index (Phi) is 6.99. The van der Waals surface area contributed by atoms with E-state index < -0.39 is 23.1 Å². The highest BCUT2D eigenvalue weighted by Crippen LogP contribution is 2.31. The van der Waals surface area contributed by atoms with Gasteiger partial charge in [0, 0.05) is 25.9 Å². The molecule has 2 aromatic carbocycles. The number of esters is 1. The maximum absolute atomic E-state index is 11.5. The fourth-order valence-electron chi connectivity index (χ4n) is 4.11. The molecular formula is C23H31N5O5. The van der Waals surface area contributed by atoms with E-state index in [1.165, 1.54) is 7.11 Å². The first-order chi connectivity index (χ1) is 15.6. The average molecular weight is 458 g/mol. The molecular weight excluding hydrogens is 426 g/mol. The number of nitrogens with two attached hydrogens (primary N) is 3. The predicted octanol–water partition coefficient (Wildman–Crippen LogP) is 0.0783. The maximum Gasteiger partial charge on any atom is 0.339 e. The Morgan fingerprint density at radius 2 is 1.27 bits per heavy atom. The number of ether oxygens (including phenoxy) is 1.